The molecule has 0 unspecified atom stereocenters. The Labute approximate surface area is 113 Å². The molecule has 1 heterocycles. The molecule has 1 aliphatic rings. The number of aliphatic hydroxyl groups excluding tert-OH is 1. The molecule has 1 aromatic rings. The predicted octanol–water partition coefficient (Wildman–Crippen LogP) is 3.17. The third-order valence-electron chi connectivity index (χ3n) is 2.95. The Morgan fingerprint density at radius 2 is 1.88 bits per heavy atom. The predicted molar refractivity (Wildman–Crippen MR) is 72.4 cm³/mol. The summed E-state index contributed by atoms with van der Waals surface area (Å²) in [4.78, 5) is 2.39. The van der Waals surface area contributed by atoms with Gasteiger partial charge in [0.2, 0.25) is 0 Å². The second-order valence-corrected chi connectivity index (χ2v) is 5.96. The first-order chi connectivity index (χ1) is 7.65. The summed E-state index contributed by atoms with van der Waals surface area (Å²) in [5.74, 6) is 0. The number of halogens is 2. The quantitative estimate of drug-likeness (QED) is 0.887. The van der Waals surface area contributed by atoms with Crippen LogP contribution in [0, 0.1) is 0 Å². The van der Waals surface area contributed by atoms with Gasteiger partial charge in [-0.05, 0) is 62.4 Å². The van der Waals surface area contributed by atoms with E-state index < -0.39 is 0 Å². The zero-order valence-electron chi connectivity index (χ0n) is 9.00. The molecule has 4 heteroatoms. The van der Waals surface area contributed by atoms with Crippen LogP contribution in [0.15, 0.2) is 27.1 Å². The van der Waals surface area contributed by atoms with Crippen molar-refractivity contribution in [3.8, 4) is 0 Å². The van der Waals surface area contributed by atoms with Crippen LogP contribution in [0.1, 0.15) is 18.4 Å². The van der Waals surface area contributed by atoms with E-state index in [-0.39, 0.29) is 6.10 Å². The second-order valence-electron chi connectivity index (χ2n) is 4.26. The minimum absolute atomic E-state index is 0.0899. The highest BCUT2D eigenvalue weighted by atomic mass is 79.9. The van der Waals surface area contributed by atoms with Crippen molar-refractivity contribution in [1.82, 2.24) is 4.90 Å². The van der Waals surface area contributed by atoms with Crippen molar-refractivity contribution >= 4 is 31.9 Å². The van der Waals surface area contributed by atoms with Gasteiger partial charge in [0.15, 0.2) is 0 Å². The number of aliphatic hydroxyl groups is 1. The SMILES string of the molecule is OC1CCN(Cc2ccc(Br)c(Br)c2)CC1. The topological polar surface area (TPSA) is 23.5 Å². The van der Waals surface area contributed by atoms with Crippen LogP contribution in [0.3, 0.4) is 0 Å². The number of hydrogen-bond acceptors (Lipinski definition) is 2. The maximum Gasteiger partial charge on any atom is 0.0564 e. The summed E-state index contributed by atoms with van der Waals surface area (Å²) in [6.45, 7) is 2.96. The van der Waals surface area contributed by atoms with Gasteiger partial charge in [-0.3, -0.25) is 4.90 Å². The van der Waals surface area contributed by atoms with Gasteiger partial charge in [0, 0.05) is 28.6 Å². The first-order valence-electron chi connectivity index (χ1n) is 5.49. The Hall–Kier alpha value is 0.1000. The molecule has 2 rings (SSSR count). The van der Waals surface area contributed by atoms with Gasteiger partial charge in [-0.1, -0.05) is 6.07 Å². The van der Waals surface area contributed by atoms with Crippen molar-refractivity contribution in [3.05, 3.63) is 32.7 Å². The first kappa shape index (κ1) is 12.6. The Balaban J connectivity index is 1.96. The Morgan fingerprint density at radius 3 is 2.50 bits per heavy atom. The molecule has 0 atom stereocenters. The van der Waals surface area contributed by atoms with E-state index in [4.69, 9.17) is 0 Å². The van der Waals surface area contributed by atoms with Crippen LogP contribution < -0.4 is 0 Å². The van der Waals surface area contributed by atoms with Gasteiger partial charge in [-0.15, -0.1) is 0 Å². The molecule has 0 saturated carbocycles. The molecule has 0 amide bonds. The molecule has 88 valence electrons. The molecule has 1 fully saturated rings. The van der Waals surface area contributed by atoms with Crippen LogP contribution in [0.5, 0.6) is 0 Å². The fourth-order valence-corrected chi connectivity index (χ4v) is 2.65. The van der Waals surface area contributed by atoms with Gasteiger partial charge in [0.05, 0.1) is 6.10 Å². The van der Waals surface area contributed by atoms with E-state index in [1.54, 1.807) is 0 Å². The molecule has 0 bridgehead atoms. The van der Waals surface area contributed by atoms with Crippen molar-refractivity contribution in [3.63, 3.8) is 0 Å². The fourth-order valence-electron chi connectivity index (χ4n) is 1.97. The first-order valence-corrected chi connectivity index (χ1v) is 7.08. The molecule has 0 aromatic heterocycles. The number of piperidine rings is 1. The Bertz CT molecular complexity index is 362. The monoisotopic (exact) mass is 347 g/mol. The highest BCUT2D eigenvalue weighted by molar-refractivity contribution is 9.13. The summed E-state index contributed by atoms with van der Waals surface area (Å²) in [5.41, 5.74) is 1.31. The van der Waals surface area contributed by atoms with E-state index in [1.165, 1.54) is 5.56 Å². The lowest BCUT2D eigenvalue weighted by Gasteiger charge is -2.29. The average molecular weight is 349 g/mol. The number of nitrogens with zero attached hydrogens (tertiary/aromatic N) is 1. The number of hydrogen-bond donors (Lipinski definition) is 1. The van der Waals surface area contributed by atoms with E-state index in [0.29, 0.717) is 0 Å². The Kier molecular flexibility index (Phi) is 4.41. The summed E-state index contributed by atoms with van der Waals surface area (Å²) < 4.78 is 2.19. The third-order valence-corrected chi connectivity index (χ3v) is 4.83. The molecule has 0 aliphatic carbocycles. The molecular weight excluding hydrogens is 334 g/mol. The van der Waals surface area contributed by atoms with Gasteiger partial charge >= 0.3 is 0 Å². The van der Waals surface area contributed by atoms with Crippen LogP contribution in [0.25, 0.3) is 0 Å². The molecule has 1 saturated heterocycles. The summed E-state index contributed by atoms with van der Waals surface area (Å²) in [7, 11) is 0. The van der Waals surface area contributed by atoms with Crippen molar-refractivity contribution < 1.29 is 5.11 Å². The molecule has 16 heavy (non-hydrogen) atoms. The summed E-state index contributed by atoms with van der Waals surface area (Å²) in [5, 5.41) is 9.43. The van der Waals surface area contributed by atoms with Gasteiger partial charge < -0.3 is 5.11 Å². The lowest BCUT2D eigenvalue weighted by Crippen LogP contribution is -2.35. The van der Waals surface area contributed by atoms with E-state index in [9.17, 15) is 5.11 Å². The van der Waals surface area contributed by atoms with E-state index >= 15 is 0 Å². The summed E-state index contributed by atoms with van der Waals surface area (Å²) in [6, 6.07) is 6.35. The number of likely N-dealkylation sites (tertiary alicyclic amines) is 1. The van der Waals surface area contributed by atoms with Crippen LogP contribution in [0.4, 0.5) is 0 Å². The van der Waals surface area contributed by atoms with E-state index in [0.717, 1.165) is 41.4 Å². The van der Waals surface area contributed by atoms with Crippen LogP contribution in [0.2, 0.25) is 0 Å². The Morgan fingerprint density at radius 1 is 1.19 bits per heavy atom. The van der Waals surface area contributed by atoms with Crippen LogP contribution >= 0.6 is 31.9 Å². The van der Waals surface area contributed by atoms with Gasteiger partial charge in [-0.2, -0.15) is 0 Å². The summed E-state index contributed by atoms with van der Waals surface area (Å²) >= 11 is 6.98. The molecule has 0 radical (unpaired) electrons. The number of rotatable bonds is 2. The molecule has 1 aromatic carbocycles. The fraction of sp³-hybridized carbons (Fsp3) is 0.500. The zero-order chi connectivity index (χ0) is 11.5. The highest BCUT2D eigenvalue weighted by Gasteiger charge is 2.16. The van der Waals surface area contributed by atoms with Crippen molar-refractivity contribution in [2.75, 3.05) is 13.1 Å². The van der Waals surface area contributed by atoms with Gasteiger partial charge in [-0.25, -0.2) is 0 Å². The van der Waals surface area contributed by atoms with E-state index in [2.05, 4.69) is 55.0 Å². The standard InChI is InChI=1S/C12H15Br2NO/c13-11-2-1-9(7-12(11)14)8-15-5-3-10(16)4-6-15/h1-2,7,10,16H,3-6,8H2. The lowest BCUT2D eigenvalue weighted by molar-refractivity contribution is 0.0792. The van der Waals surface area contributed by atoms with Crippen molar-refractivity contribution in [1.29, 1.82) is 0 Å². The molecule has 0 spiro atoms. The van der Waals surface area contributed by atoms with Gasteiger partial charge in [0.25, 0.3) is 0 Å². The van der Waals surface area contributed by atoms with Gasteiger partial charge in [0.1, 0.15) is 0 Å². The molecule has 2 nitrogen and oxygen atoms in total. The second kappa shape index (κ2) is 5.63. The molecule has 1 N–H and O–H groups in total. The lowest BCUT2D eigenvalue weighted by atomic mass is 10.1. The summed E-state index contributed by atoms with van der Waals surface area (Å²) in [6.07, 6.45) is 1.71. The normalized spacial score (nSPS) is 18.9. The van der Waals surface area contributed by atoms with Crippen molar-refractivity contribution in [2.45, 2.75) is 25.5 Å². The highest BCUT2D eigenvalue weighted by Crippen LogP contribution is 2.24. The minimum atomic E-state index is -0.0899. The third kappa shape index (κ3) is 3.29. The van der Waals surface area contributed by atoms with Crippen LogP contribution in [-0.2, 0) is 6.54 Å². The molecular formula is C12H15Br2NO. The maximum atomic E-state index is 9.43. The van der Waals surface area contributed by atoms with E-state index in [1.807, 2.05) is 0 Å². The van der Waals surface area contributed by atoms with Crippen molar-refractivity contribution in [2.24, 2.45) is 0 Å². The average Bonchev–Trinajstić information content (AvgIpc) is 2.27. The van der Waals surface area contributed by atoms with Crippen LogP contribution in [-0.4, -0.2) is 29.2 Å². The molecule has 1 aliphatic heterocycles. The maximum absolute atomic E-state index is 9.43. The zero-order valence-corrected chi connectivity index (χ0v) is 12.2. The largest absolute Gasteiger partial charge is 0.393 e. The smallest absolute Gasteiger partial charge is 0.0564 e. The minimum Gasteiger partial charge on any atom is -0.393 e. The number of benzene rings is 1.